The van der Waals surface area contributed by atoms with Crippen molar-refractivity contribution in [3.8, 4) is 11.3 Å². The Balaban J connectivity index is 2.35. The molecule has 0 fully saturated rings. The predicted molar refractivity (Wildman–Crippen MR) is 74.0 cm³/mol. The van der Waals surface area contributed by atoms with E-state index in [0.717, 1.165) is 24.2 Å². The van der Waals surface area contributed by atoms with Gasteiger partial charge in [0.1, 0.15) is 11.3 Å². The number of methoxy groups -OCH3 is 1. The Hall–Kier alpha value is -1.46. The van der Waals surface area contributed by atoms with Crippen LogP contribution < -0.4 is 0 Å². The lowest BCUT2D eigenvalue weighted by Gasteiger charge is -2.09. The van der Waals surface area contributed by atoms with Crippen molar-refractivity contribution in [3.05, 3.63) is 29.4 Å². The summed E-state index contributed by atoms with van der Waals surface area (Å²) in [5.41, 5.74) is 1.70. The molecule has 5 nitrogen and oxygen atoms in total. The van der Waals surface area contributed by atoms with Crippen LogP contribution in [0.2, 0.25) is 5.15 Å². The summed E-state index contributed by atoms with van der Waals surface area (Å²) in [5.74, 6) is 0.577. The van der Waals surface area contributed by atoms with E-state index < -0.39 is 0 Å². The lowest BCUT2D eigenvalue weighted by atomic mass is 10.2. The molecule has 0 N–H and O–H groups in total. The molecule has 0 aliphatic rings. The third kappa shape index (κ3) is 3.30. The topological polar surface area (TPSA) is 52.8 Å². The maximum atomic E-state index is 6.04. The van der Waals surface area contributed by atoms with E-state index in [2.05, 4.69) is 22.0 Å². The highest BCUT2D eigenvalue weighted by atomic mass is 35.5. The molecule has 1 atom stereocenters. The molecule has 19 heavy (non-hydrogen) atoms. The summed E-state index contributed by atoms with van der Waals surface area (Å²) in [4.78, 5) is 8.65. The molecule has 0 radical (unpaired) electrons. The van der Waals surface area contributed by atoms with E-state index in [4.69, 9.17) is 16.3 Å². The molecule has 2 rings (SSSR count). The SMILES string of the molecule is CCCn1cc(-c2cc(Cl)nc([C@@H](C)OC)n2)cn1. The Kier molecular flexibility index (Phi) is 4.50. The third-order valence-corrected chi connectivity index (χ3v) is 3.00. The first kappa shape index (κ1) is 14.0. The van der Waals surface area contributed by atoms with E-state index in [1.807, 2.05) is 17.8 Å². The number of nitrogens with zero attached hydrogens (tertiary/aromatic N) is 4. The molecular weight excluding hydrogens is 264 g/mol. The number of halogens is 1. The van der Waals surface area contributed by atoms with Crippen molar-refractivity contribution >= 4 is 11.6 Å². The largest absolute Gasteiger partial charge is 0.374 e. The molecule has 2 aromatic rings. The van der Waals surface area contributed by atoms with Crippen molar-refractivity contribution < 1.29 is 4.74 Å². The first-order valence-electron chi connectivity index (χ1n) is 6.24. The van der Waals surface area contributed by atoms with Gasteiger partial charge in [0.15, 0.2) is 5.82 Å². The van der Waals surface area contributed by atoms with Crippen LogP contribution in [0.3, 0.4) is 0 Å². The van der Waals surface area contributed by atoms with Crippen LogP contribution in [0.1, 0.15) is 32.2 Å². The minimum atomic E-state index is -0.192. The van der Waals surface area contributed by atoms with E-state index in [0.29, 0.717) is 11.0 Å². The molecule has 0 aliphatic carbocycles. The maximum absolute atomic E-state index is 6.04. The molecule has 0 saturated heterocycles. The molecule has 0 spiro atoms. The molecular formula is C13H17ClN4O. The van der Waals surface area contributed by atoms with Gasteiger partial charge in [-0.05, 0) is 13.3 Å². The predicted octanol–water partition coefficient (Wildman–Crippen LogP) is 3.11. The van der Waals surface area contributed by atoms with Crippen LogP contribution in [-0.4, -0.2) is 26.9 Å². The zero-order chi connectivity index (χ0) is 13.8. The number of hydrogen-bond donors (Lipinski definition) is 0. The first-order chi connectivity index (χ1) is 9.13. The minimum Gasteiger partial charge on any atom is -0.374 e. The molecule has 0 bridgehead atoms. The summed E-state index contributed by atoms with van der Waals surface area (Å²) in [5, 5.41) is 4.70. The molecule has 0 saturated carbocycles. The molecule has 0 amide bonds. The van der Waals surface area contributed by atoms with Crippen LogP contribution in [-0.2, 0) is 11.3 Å². The maximum Gasteiger partial charge on any atom is 0.159 e. The molecule has 102 valence electrons. The lowest BCUT2D eigenvalue weighted by Crippen LogP contribution is -2.03. The van der Waals surface area contributed by atoms with Gasteiger partial charge in [-0.15, -0.1) is 0 Å². The van der Waals surface area contributed by atoms with Crippen LogP contribution in [0.25, 0.3) is 11.3 Å². The first-order valence-corrected chi connectivity index (χ1v) is 6.62. The van der Waals surface area contributed by atoms with Crippen LogP contribution in [0.4, 0.5) is 0 Å². The third-order valence-electron chi connectivity index (χ3n) is 2.81. The van der Waals surface area contributed by atoms with Gasteiger partial charge in [-0.2, -0.15) is 5.10 Å². The average Bonchev–Trinajstić information content (AvgIpc) is 2.86. The second-order valence-corrected chi connectivity index (χ2v) is 4.69. The molecule has 2 heterocycles. The number of hydrogen-bond acceptors (Lipinski definition) is 4. The Morgan fingerprint density at radius 2 is 2.21 bits per heavy atom. The average molecular weight is 281 g/mol. The number of rotatable bonds is 5. The number of aromatic nitrogens is 4. The van der Waals surface area contributed by atoms with E-state index in [9.17, 15) is 0 Å². The van der Waals surface area contributed by atoms with Gasteiger partial charge in [0.05, 0.1) is 11.9 Å². The zero-order valence-electron chi connectivity index (χ0n) is 11.3. The fraction of sp³-hybridized carbons (Fsp3) is 0.462. The van der Waals surface area contributed by atoms with Gasteiger partial charge in [0.2, 0.25) is 0 Å². The van der Waals surface area contributed by atoms with Crippen LogP contribution >= 0.6 is 11.6 Å². The summed E-state index contributed by atoms with van der Waals surface area (Å²) < 4.78 is 7.12. The number of aryl methyl sites for hydroxylation is 1. The van der Waals surface area contributed by atoms with Gasteiger partial charge in [0.25, 0.3) is 0 Å². The Bertz CT molecular complexity index is 555. The van der Waals surface area contributed by atoms with Gasteiger partial charge < -0.3 is 4.74 Å². The highest BCUT2D eigenvalue weighted by Crippen LogP contribution is 2.22. The normalized spacial score (nSPS) is 12.6. The molecule has 0 unspecified atom stereocenters. The molecule has 2 aromatic heterocycles. The monoisotopic (exact) mass is 280 g/mol. The smallest absolute Gasteiger partial charge is 0.159 e. The van der Waals surface area contributed by atoms with Crippen LogP contribution in [0, 0.1) is 0 Å². The molecule has 0 aliphatic heterocycles. The van der Waals surface area contributed by atoms with Crippen molar-refractivity contribution in [2.24, 2.45) is 0 Å². The van der Waals surface area contributed by atoms with E-state index in [1.54, 1.807) is 19.4 Å². The van der Waals surface area contributed by atoms with Gasteiger partial charge >= 0.3 is 0 Å². The quantitative estimate of drug-likeness (QED) is 0.790. The fourth-order valence-electron chi connectivity index (χ4n) is 1.72. The lowest BCUT2D eigenvalue weighted by molar-refractivity contribution is 0.112. The van der Waals surface area contributed by atoms with Crippen molar-refractivity contribution in [2.45, 2.75) is 32.9 Å². The van der Waals surface area contributed by atoms with Crippen LogP contribution in [0.5, 0.6) is 0 Å². The fourth-order valence-corrected chi connectivity index (χ4v) is 1.91. The van der Waals surface area contributed by atoms with E-state index in [-0.39, 0.29) is 6.10 Å². The second kappa shape index (κ2) is 6.12. The van der Waals surface area contributed by atoms with Gasteiger partial charge in [-0.3, -0.25) is 4.68 Å². The van der Waals surface area contributed by atoms with E-state index in [1.165, 1.54) is 0 Å². The highest BCUT2D eigenvalue weighted by molar-refractivity contribution is 6.29. The summed E-state index contributed by atoms with van der Waals surface area (Å²) in [6, 6.07) is 1.74. The Morgan fingerprint density at radius 3 is 2.89 bits per heavy atom. The van der Waals surface area contributed by atoms with Crippen molar-refractivity contribution in [3.63, 3.8) is 0 Å². The Labute approximate surface area is 117 Å². The summed E-state index contributed by atoms with van der Waals surface area (Å²) in [7, 11) is 1.62. The highest BCUT2D eigenvalue weighted by Gasteiger charge is 2.12. The van der Waals surface area contributed by atoms with Gasteiger partial charge in [-0.1, -0.05) is 18.5 Å². The summed E-state index contributed by atoms with van der Waals surface area (Å²) >= 11 is 6.04. The molecule has 0 aromatic carbocycles. The zero-order valence-corrected chi connectivity index (χ0v) is 12.1. The Morgan fingerprint density at radius 1 is 1.42 bits per heavy atom. The standard InChI is InChI=1S/C13H17ClN4O/c1-4-5-18-8-10(7-15-18)11-6-12(14)17-13(16-11)9(2)19-3/h6-9H,4-5H2,1-3H3/t9-/m1/s1. The van der Waals surface area contributed by atoms with Crippen molar-refractivity contribution in [2.75, 3.05) is 7.11 Å². The summed E-state index contributed by atoms with van der Waals surface area (Å²) in [6.07, 6.45) is 4.60. The van der Waals surface area contributed by atoms with E-state index >= 15 is 0 Å². The van der Waals surface area contributed by atoms with Crippen molar-refractivity contribution in [1.82, 2.24) is 19.7 Å². The second-order valence-electron chi connectivity index (χ2n) is 4.30. The minimum absolute atomic E-state index is 0.192. The molecule has 6 heteroatoms. The van der Waals surface area contributed by atoms with Gasteiger partial charge in [0, 0.05) is 31.5 Å². The summed E-state index contributed by atoms with van der Waals surface area (Å²) in [6.45, 7) is 4.89. The van der Waals surface area contributed by atoms with Crippen LogP contribution in [0.15, 0.2) is 18.5 Å². The number of ether oxygens (including phenoxy) is 1. The van der Waals surface area contributed by atoms with Gasteiger partial charge in [-0.25, -0.2) is 9.97 Å². The van der Waals surface area contributed by atoms with Crippen molar-refractivity contribution in [1.29, 1.82) is 0 Å².